The fourth-order valence-corrected chi connectivity index (χ4v) is 2.89. The SMILES string of the molecule is O=C(CC(C(=O)O)N1CCOCC1)c1ccc(Oc2ccccc2)cc1. The highest BCUT2D eigenvalue weighted by Crippen LogP contribution is 2.22. The van der Waals surface area contributed by atoms with E-state index in [4.69, 9.17) is 9.47 Å². The monoisotopic (exact) mass is 355 g/mol. The highest BCUT2D eigenvalue weighted by molar-refractivity contribution is 5.98. The minimum absolute atomic E-state index is 0.0613. The van der Waals surface area contributed by atoms with Crippen molar-refractivity contribution in [1.82, 2.24) is 4.90 Å². The molecule has 26 heavy (non-hydrogen) atoms. The number of ketones is 1. The third-order valence-electron chi connectivity index (χ3n) is 4.31. The number of Topliss-reactive ketones (excluding diaryl/α,β-unsaturated/α-hetero) is 1. The molecular weight excluding hydrogens is 334 g/mol. The van der Waals surface area contributed by atoms with E-state index in [0.29, 0.717) is 43.4 Å². The van der Waals surface area contributed by atoms with Crippen molar-refractivity contribution >= 4 is 11.8 Å². The predicted octanol–water partition coefficient (Wildman–Crippen LogP) is 2.84. The van der Waals surface area contributed by atoms with Gasteiger partial charge in [0, 0.05) is 25.1 Å². The van der Waals surface area contributed by atoms with E-state index in [0.717, 1.165) is 0 Å². The lowest BCUT2D eigenvalue weighted by Crippen LogP contribution is -2.48. The second kappa shape index (κ2) is 8.60. The molecule has 1 saturated heterocycles. The molecule has 2 aromatic carbocycles. The molecule has 1 N–H and O–H groups in total. The van der Waals surface area contributed by atoms with Gasteiger partial charge in [0.1, 0.15) is 17.5 Å². The highest BCUT2D eigenvalue weighted by atomic mass is 16.5. The zero-order chi connectivity index (χ0) is 18.4. The van der Waals surface area contributed by atoms with Crippen molar-refractivity contribution < 1.29 is 24.2 Å². The Morgan fingerprint density at radius 3 is 2.23 bits per heavy atom. The summed E-state index contributed by atoms with van der Waals surface area (Å²) in [6.07, 6.45) is -0.0613. The van der Waals surface area contributed by atoms with Crippen LogP contribution in [0.5, 0.6) is 11.5 Å². The number of morpholine rings is 1. The quantitative estimate of drug-likeness (QED) is 0.770. The Hall–Kier alpha value is -2.70. The van der Waals surface area contributed by atoms with Gasteiger partial charge < -0.3 is 14.6 Å². The zero-order valence-corrected chi connectivity index (χ0v) is 14.3. The largest absolute Gasteiger partial charge is 0.480 e. The Labute approximate surface area is 152 Å². The van der Waals surface area contributed by atoms with Crippen LogP contribution < -0.4 is 4.74 Å². The van der Waals surface area contributed by atoms with Crippen LogP contribution >= 0.6 is 0 Å². The van der Waals surface area contributed by atoms with Crippen molar-refractivity contribution in [2.24, 2.45) is 0 Å². The van der Waals surface area contributed by atoms with E-state index in [1.165, 1.54) is 0 Å². The van der Waals surface area contributed by atoms with Crippen LogP contribution in [0, 0.1) is 0 Å². The van der Waals surface area contributed by atoms with Gasteiger partial charge in [-0.15, -0.1) is 0 Å². The normalized spacial score (nSPS) is 16.0. The van der Waals surface area contributed by atoms with Gasteiger partial charge in [-0.05, 0) is 36.4 Å². The molecule has 0 bridgehead atoms. The van der Waals surface area contributed by atoms with Crippen LogP contribution in [0.15, 0.2) is 54.6 Å². The van der Waals surface area contributed by atoms with E-state index in [9.17, 15) is 14.7 Å². The second-order valence-corrected chi connectivity index (χ2v) is 6.07. The molecule has 0 spiro atoms. The first kappa shape index (κ1) is 18.1. The number of carbonyl (C=O) groups excluding carboxylic acids is 1. The average molecular weight is 355 g/mol. The summed E-state index contributed by atoms with van der Waals surface area (Å²) >= 11 is 0. The molecule has 136 valence electrons. The van der Waals surface area contributed by atoms with Gasteiger partial charge in [0.25, 0.3) is 0 Å². The molecule has 1 atom stereocenters. The molecule has 0 aliphatic carbocycles. The van der Waals surface area contributed by atoms with Gasteiger partial charge >= 0.3 is 5.97 Å². The Bertz CT molecular complexity index is 739. The van der Waals surface area contributed by atoms with Gasteiger partial charge in [-0.2, -0.15) is 0 Å². The zero-order valence-electron chi connectivity index (χ0n) is 14.3. The Kier molecular flexibility index (Phi) is 5.99. The number of carboxylic acid groups (broad SMARTS) is 1. The number of ether oxygens (including phenoxy) is 2. The lowest BCUT2D eigenvalue weighted by Gasteiger charge is -2.31. The number of carboxylic acids is 1. The first-order valence-corrected chi connectivity index (χ1v) is 8.54. The van der Waals surface area contributed by atoms with Gasteiger partial charge in [0.05, 0.1) is 13.2 Å². The number of aliphatic carboxylic acids is 1. The summed E-state index contributed by atoms with van der Waals surface area (Å²) in [5, 5.41) is 9.47. The number of hydrogen-bond acceptors (Lipinski definition) is 5. The van der Waals surface area contributed by atoms with E-state index < -0.39 is 12.0 Å². The van der Waals surface area contributed by atoms with Crippen LogP contribution in [0.1, 0.15) is 16.8 Å². The third-order valence-corrected chi connectivity index (χ3v) is 4.31. The number of para-hydroxylation sites is 1. The maximum atomic E-state index is 12.5. The van der Waals surface area contributed by atoms with Crippen LogP contribution in [0.2, 0.25) is 0 Å². The first-order valence-electron chi connectivity index (χ1n) is 8.54. The minimum Gasteiger partial charge on any atom is -0.480 e. The fraction of sp³-hybridized carbons (Fsp3) is 0.300. The van der Waals surface area contributed by atoms with Crippen LogP contribution in [-0.2, 0) is 9.53 Å². The molecule has 6 heteroatoms. The molecule has 0 aromatic heterocycles. The maximum Gasteiger partial charge on any atom is 0.321 e. The Balaban J connectivity index is 1.64. The van der Waals surface area contributed by atoms with E-state index >= 15 is 0 Å². The molecule has 1 aliphatic rings. The van der Waals surface area contributed by atoms with Crippen molar-refractivity contribution in [3.05, 3.63) is 60.2 Å². The van der Waals surface area contributed by atoms with Crippen molar-refractivity contribution in [2.75, 3.05) is 26.3 Å². The number of carbonyl (C=O) groups is 2. The van der Waals surface area contributed by atoms with E-state index in [1.54, 1.807) is 29.2 Å². The number of benzene rings is 2. The second-order valence-electron chi connectivity index (χ2n) is 6.07. The highest BCUT2D eigenvalue weighted by Gasteiger charge is 2.29. The molecule has 1 aliphatic heterocycles. The molecule has 6 nitrogen and oxygen atoms in total. The van der Waals surface area contributed by atoms with Crippen molar-refractivity contribution in [3.63, 3.8) is 0 Å². The average Bonchev–Trinajstić information content (AvgIpc) is 2.68. The van der Waals surface area contributed by atoms with Gasteiger partial charge in [-0.25, -0.2) is 0 Å². The fourth-order valence-electron chi connectivity index (χ4n) is 2.89. The topological polar surface area (TPSA) is 76.1 Å². The van der Waals surface area contributed by atoms with E-state index in [1.807, 2.05) is 30.3 Å². The summed E-state index contributed by atoms with van der Waals surface area (Å²) in [6.45, 7) is 2.02. The van der Waals surface area contributed by atoms with Crippen molar-refractivity contribution in [1.29, 1.82) is 0 Å². The predicted molar refractivity (Wildman–Crippen MR) is 95.7 cm³/mol. The summed E-state index contributed by atoms with van der Waals surface area (Å²) in [5.74, 6) is 0.153. The maximum absolute atomic E-state index is 12.5. The third kappa shape index (κ3) is 4.68. The van der Waals surface area contributed by atoms with E-state index in [2.05, 4.69) is 0 Å². The van der Waals surface area contributed by atoms with Crippen molar-refractivity contribution in [2.45, 2.75) is 12.5 Å². The van der Waals surface area contributed by atoms with Crippen LogP contribution in [0.25, 0.3) is 0 Å². The lowest BCUT2D eigenvalue weighted by atomic mass is 10.0. The van der Waals surface area contributed by atoms with Crippen LogP contribution in [0.3, 0.4) is 0 Å². The number of nitrogens with zero attached hydrogens (tertiary/aromatic N) is 1. The van der Waals surface area contributed by atoms with Gasteiger partial charge in [0.2, 0.25) is 0 Å². The Morgan fingerprint density at radius 2 is 1.62 bits per heavy atom. The summed E-state index contributed by atoms with van der Waals surface area (Å²) in [4.78, 5) is 25.9. The molecular formula is C20H21NO5. The smallest absolute Gasteiger partial charge is 0.321 e. The molecule has 0 amide bonds. The molecule has 0 radical (unpaired) electrons. The van der Waals surface area contributed by atoms with Gasteiger partial charge in [0.15, 0.2) is 5.78 Å². The van der Waals surface area contributed by atoms with Crippen LogP contribution in [0.4, 0.5) is 0 Å². The molecule has 1 unspecified atom stereocenters. The van der Waals surface area contributed by atoms with Gasteiger partial charge in [-0.1, -0.05) is 18.2 Å². The standard InChI is InChI=1S/C20H21NO5/c22-19(14-18(20(23)24)21-10-12-25-13-11-21)15-6-8-17(9-7-15)26-16-4-2-1-3-5-16/h1-9,18H,10-14H2,(H,23,24). The summed E-state index contributed by atoms with van der Waals surface area (Å²) in [7, 11) is 0. The summed E-state index contributed by atoms with van der Waals surface area (Å²) in [5.41, 5.74) is 0.477. The lowest BCUT2D eigenvalue weighted by molar-refractivity contribution is -0.144. The van der Waals surface area contributed by atoms with Gasteiger partial charge in [-0.3, -0.25) is 14.5 Å². The Morgan fingerprint density at radius 1 is 1.00 bits per heavy atom. The molecule has 2 aromatic rings. The molecule has 3 rings (SSSR count). The van der Waals surface area contributed by atoms with Crippen molar-refractivity contribution in [3.8, 4) is 11.5 Å². The number of hydrogen-bond donors (Lipinski definition) is 1. The van der Waals surface area contributed by atoms with Crippen LogP contribution in [-0.4, -0.2) is 54.1 Å². The first-order chi connectivity index (χ1) is 12.6. The molecule has 1 heterocycles. The summed E-state index contributed by atoms with van der Waals surface area (Å²) in [6, 6.07) is 15.3. The number of rotatable bonds is 7. The molecule has 1 fully saturated rings. The molecule has 0 saturated carbocycles. The summed E-state index contributed by atoms with van der Waals surface area (Å²) < 4.78 is 10.9. The van der Waals surface area contributed by atoms with E-state index in [-0.39, 0.29) is 12.2 Å². The minimum atomic E-state index is -0.982.